The lowest BCUT2D eigenvalue weighted by atomic mass is 9.93. The molecule has 72 heavy (non-hydrogen) atoms. The zero-order chi connectivity index (χ0) is 51.4. The lowest BCUT2D eigenvalue weighted by molar-refractivity contribution is 0.152. The van der Waals surface area contributed by atoms with Crippen molar-refractivity contribution >= 4 is 48.5 Å². The summed E-state index contributed by atoms with van der Waals surface area (Å²) in [5.41, 5.74) is 4.89. The van der Waals surface area contributed by atoms with Crippen molar-refractivity contribution in [1.29, 1.82) is 0 Å². The summed E-state index contributed by atoms with van der Waals surface area (Å²) >= 11 is 0. The van der Waals surface area contributed by atoms with Crippen molar-refractivity contribution < 1.29 is 35.3 Å². The van der Waals surface area contributed by atoms with Crippen molar-refractivity contribution in [3.05, 3.63) is 120 Å². The first-order chi connectivity index (χ1) is 34.7. The number of hydrogen-bond donors (Lipinski definition) is 4. The van der Waals surface area contributed by atoms with E-state index < -0.39 is 25.0 Å². The van der Waals surface area contributed by atoms with Crippen LogP contribution in [0, 0.1) is 0 Å². The molecule has 3 aliphatic rings. The number of sulfonamides is 1. The minimum atomic E-state index is -4.79. The van der Waals surface area contributed by atoms with E-state index in [0.717, 1.165) is 87.9 Å². The maximum atomic E-state index is 14.7. The van der Waals surface area contributed by atoms with Gasteiger partial charge in [0.25, 0.3) is 10.1 Å². The van der Waals surface area contributed by atoms with Gasteiger partial charge in [-0.25, -0.2) is 22.5 Å². The third kappa shape index (κ3) is 13.4. The number of hydrogen-bond acceptors (Lipinski definition) is 10. The summed E-state index contributed by atoms with van der Waals surface area (Å²) in [7, 11) is -5.42. The molecular formula is C55H72N7O8S2+. The normalized spacial score (nSPS) is 14.8. The Kier molecular flexibility index (Phi) is 18.5. The molecule has 1 fully saturated rings. The fourth-order valence-corrected chi connectivity index (χ4v) is 11.8. The predicted molar refractivity (Wildman–Crippen MR) is 288 cm³/mol. The molecule has 1 aliphatic carbocycles. The van der Waals surface area contributed by atoms with Crippen molar-refractivity contribution in [1.82, 2.24) is 24.4 Å². The van der Waals surface area contributed by atoms with Crippen LogP contribution >= 0.6 is 0 Å². The van der Waals surface area contributed by atoms with Crippen LogP contribution in [0.3, 0.4) is 0 Å². The molecule has 4 aromatic rings. The number of benzene rings is 5. The number of unbranched alkanes of at least 4 members (excludes halogenated alkanes) is 1. The average Bonchev–Trinajstić information content (AvgIpc) is 3.82. The van der Waals surface area contributed by atoms with Crippen molar-refractivity contribution in [2.75, 3.05) is 83.3 Å². The summed E-state index contributed by atoms with van der Waals surface area (Å²) in [4.78, 5) is 19.4. The summed E-state index contributed by atoms with van der Waals surface area (Å²) in [6.07, 6.45) is 4.87. The lowest BCUT2D eigenvalue weighted by Crippen LogP contribution is -2.48. The number of fused-ring (bicyclic) bond motifs is 2. The SMILES string of the molecule is CCN(CC)c1ccc2c(-c3ccc(S(=O)(=O)O)cc3S(=O)(=O)NCCCC[C@H](CNC(=O)Nc3ccccc3)N(C)C[C@H]3CCCN3CCc3ccc(OC)cc3)c3ccc(=[N+](CC)CC)cc-3oc2c1. The van der Waals surface area contributed by atoms with Gasteiger partial charge >= 0.3 is 6.03 Å². The zero-order valence-electron chi connectivity index (χ0n) is 42.6. The standard InChI is InChI=1S/C55H71N7O8S2/c1-7-60(8-2)42-23-28-48-51(35-42)70-52-36-43(61(9-3)10-4)24-29-49(52)54(48)50-30-27-47(72(66,67)68)37-53(50)71(64,65)57-32-15-14-19-44(38-56-55(63)58-41-17-12-11-13-18-41)59(5)39-45-20-16-33-62(45)34-31-40-21-25-46(69-6)26-22-40/h11-13,17-18,21-30,35-37,44-45,57H,7-10,14-16,19-20,31-34,38-39H2,1-6H3,(H2-,56,58,63,66,67,68)/p+1/t44-,45-/m1/s1. The van der Waals surface area contributed by atoms with Gasteiger partial charge in [-0.05, 0) is 134 Å². The summed E-state index contributed by atoms with van der Waals surface area (Å²) in [6.45, 7) is 14.6. The molecule has 0 unspecified atom stereocenters. The number of nitrogens with one attached hydrogen (secondary N) is 3. The van der Waals surface area contributed by atoms with Gasteiger partial charge in [0.1, 0.15) is 30.2 Å². The molecule has 0 bridgehead atoms. The molecule has 0 radical (unpaired) electrons. The van der Waals surface area contributed by atoms with Crippen LogP contribution in [0.15, 0.2) is 123 Å². The largest absolute Gasteiger partial charge is 0.497 e. The molecular weight excluding hydrogens is 951 g/mol. The Morgan fingerprint density at radius 3 is 2.32 bits per heavy atom. The van der Waals surface area contributed by atoms with Crippen molar-refractivity contribution in [3.8, 4) is 28.2 Å². The molecule has 1 saturated heterocycles. The monoisotopic (exact) mass is 1020 g/mol. The first-order valence-electron chi connectivity index (χ1n) is 25.3. The third-order valence-electron chi connectivity index (χ3n) is 14.0. The van der Waals surface area contributed by atoms with Gasteiger partial charge in [-0.15, -0.1) is 0 Å². The molecule has 7 rings (SSSR count). The summed E-state index contributed by atoms with van der Waals surface area (Å²) < 4.78 is 81.7. The first-order valence-corrected chi connectivity index (χ1v) is 28.2. The van der Waals surface area contributed by atoms with Gasteiger partial charge in [-0.1, -0.05) is 42.8 Å². The van der Waals surface area contributed by atoms with Crippen LogP contribution in [0.4, 0.5) is 16.2 Å². The maximum absolute atomic E-state index is 14.7. The molecule has 0 aromatic heterocycles. The Bertz CT molecular complexity index is 3030. The van der Waals surface area contributed by atoms with E-state index in [2.05, 4.69) is 81.5 Å². The van der Waals surface area contributed by atoms with Crippen molar-refractivity contribution in [2.45, 2.75) is 88.1 Å². The first kappa shape index (κ1) is 54.0. The van der Waals surface area contributed by atoms with E-state index >= 15 is 0 Å². The number of anilines is 2. The van der Waals surface area contributed by atoms with Crippen LogP contribution in [0.2, 0.25) is 0 Å². The second kappa shape index (κ2) is 24.7. The number of methoxy groups -OCH3 is 1. The number of carbonyl (C=O) groups is 1. The topological polar surface area (TPSA) is 177 Å². The van der Waals surface area contributed by atoms with Crippen LogP contribution in [0.1, 0.15) is 65.4 Å². The molecule has 0 saturated carbocycles. The second-order valence-corrected chi connectivity index (χ2v) is 21.6. The Morgan fingerprint density at radius 2 is 1.62 bits per heavy atom. The lowest BCUT2D eigenvalue weighted by Gasteiger charge is -2.34. The molecule has 386 valence electrons. The number of para-hydroxylation sites is 1. The van der Waals surface area contributed by atoms with Crippen LogP contribution in [0.5, 0.6) is 5.75 Å². The Hall–Kier alpha value is -5.82. The van der Waals surface area contributed by atoms with Crippen LogP contribution in [-0.4, -0.2) is 122 Å². The molecule has 17 heteroatoms. The summed E-state index contributed by atoms with van der Waals surface area (Å²) in [5.74, 6) is 1.37. The zero-order valence-corrected chi connectivity index (χ0v) is 44.2. The number of rotatable bonds is 24. The Labute approximate surface area is 426 Å². The Balaban J connectivity index is 1.12. The molecule has 2 atom stereocenters. The average molecular weight is 1020 g/mol. The highest BCUT2D eigenvalue weighted by Crippen LogP contribution is 2.43. The summed E-state index contributed by atoms with van der Waals surface area (Å²) in [5, 5.41) is 7.57. The number of likely N-dealkylation sites (N-methyl/N-ethyl adjacent to an activating group) is 1. The molecule has 2 heterocycles. The van der Waals surface area contributed by atoms with Gasteiger partial charge in [0.05, 0.1) is 23.0 Å². The number of nitrogens with zero attached hydrogens (tertiary/aromatic N) is 4. The van der Waals surface area contributed by atoms with Crippen LogP contribution in [-0.2, 0) is 26.6 Å². The molecule has 2 amide bonds. The molecule has 0 spiro atoms. The van der Waals surface area contributed by atoms with E-state index in [1.807, 2.05) is 78.9 Å². The van der Waals surface area contributed by atoms with Crippen LogP contribution < -0.4 is 34.9 Å². The van der Waals surface area contributed by atoms with E-state index in [9.17, 15) is 26.2 Å². The second-order valence-electron chi connectivity index (χ2n) is 18.4. The fourth-order valence-electron chi connectivity index (χ4n) is 9.94. The fraction of sp³-hybridized carbons (Fsp3) is 0.418. The van der Waals surface area contributed by atoms with Gasteiger partial charge in [-0.2, -0.15) is 8.42 Å². The number of carbonyl (C=O) groups excluding carboxylic acids is 1. The number of ether oxygens (including phenoxy) is 1. The highest BCUT2D eigenvalue weighted by Gasteiger charge is 2.30. The Morgan fingerprint density at radius 1 is 0.889 bits per heavy atom. The van der Waals surface area contributed by atoms with Gasteiger partial charge in [0.15, 0.2) is 0 Å². The minimum Gasteiger partial charge on any atom is -0.497 e. The minimum absolute atomic E-state index is 0.0558. The van der Waals surface area contributed by atoms with Crippen molar-refractivity contribution in [2.24, 2.45) is 0 Å². The van der Waals surface area contributed by atoms with E-state index in [1.54, 1.807) is 7.11 Å². The number of urea groups is 1. The van der Waals surface area contributed by atoms with Gasteiger partial charge in [0, 0.05) is 96.9 Å². The smallest absolute Gasteiger partial charge is 0.319 e. The summed E-state index contributed by atoms with van der Waals surface area (Å²) in [6, 6.07) is 32.9. The molecule has 15 nitrogen and oxygen atoms in total. The van der Waals surface area contributed by atoms with Crippen LogP contribution in [0.25, 0.3) is 33.4 Å². The van der Waals surface area contributed by atoms with Gasteiger partial charge in [0.2, 0.25) is 15.4 Å². The number of amides is 2. The maximum Gasteiger partial charge on any atom is 0.319 e. The molecule has 4 aromatic carbocycles. The molecule has 2 aliphatic heterocycles. The van der Waals surface area contributed by atoms with E-state index in [4.69, 9.17) is 9.15 Å². The quantitative estimate of drug-likeness (QED) is 0.0198. The van der Waals surface area contributed by atoms with E-state index in [0.29, 0.717) is 65.4 Å². The van der Waals surface area contributed by atoms with Gasteiger partial charge in [-0.3, -0.25) is 9.45 Å². The van der Waals surface area contributed by atoms with E-state index in [-0.39, 0.29) is 29.1 Å². The van der Waals surface area contributed by atoms with E-state index in [1.165, 1.54) is 17.7 Å². The van der Waals surface area contributed by atoms with Gasteiger partial charge < -0.3 is 29.6 Å². The highest BCUT2D eigenvalue weighted by atomic mass is 32.2. The predicted octanol–water partition coefficient (Wildman–Crippen LogP) is 8.40. The third-order valence-corrected chi connectivity index (χ3v) is 16.4. The number of likely N-dealkylation sites (tertiary alicyclic amines) is 1. The molecule has 4 N–H and O–H groups in total. The highest BCUT2D eigenvalue weighted by molar-refractivity contribution is 7.89. The van der Waals surface area contributed by atoms with Crippen molar-refractivity contribution in [3.63, 3.8) is 0 Å².